The van der Waals surface area contributed by atoms with Crippen LogP contribution in [0, 0.1) is 11.3 Å². The molecule has 1 aliphatic carbocycles. The van der Waals surface area contributed by atoms with Crippen LogP contribution in [0.15, 0.2) is 0 Å². The molecule has 0 fully saturated rings. The quantitative estimate of drug-likeness (QED) is 0.793. The molecule has 2 rings (SSSR count). The van der Waals surface area contributed by atoms with Gasteiger partial charge in [0.1, 0.15) is 10.4 Å². The second kappa shape index (κ2) is 3.58. The third kappa shape index (κ3) is 1.77. The Balaban J connectivity index is 2.43. The summed E-state index contributed by atoms with van der Waals surface area (Å²) in [5, 5.41) is 19.6. The molecule has 15 heavy (non-hydrogen) atoms. The fourth-order valence-corrected chi connectivity index (χ4v) is 2.92. The zero-order valence-electron chi connectivity index (χ0n) is 8.95. The summed E-state index contributed by atoms with van der Waals surface area (Å²) >= 11 is 1.58. The van der Waals surface area contributed by atoms with E-state index in [0.29, 0.717) is 0 Å². The van der Waals surface area contributed by atoms with Gasteiger partial charge in [0.2, 0.25) is 0 Å². The molecule has 0 aromatic carbocycles. The summed E-state index contributed by atoms with van der Waals surface area (Å²) < 4.78 is 0. The number of aryl methyl sites for hydroxylation is 1. The average molecular weight is 222 g/mol. The first-order valence-corrected chi connectivity index (χ1v) is 5.95. The summed E-state index contributed by atoms with van der Waals surface area (Å²) in [6.07, 6.45) is 2.38. The van der Waals surface area contributed by atoms with Crippen LogP contribution in [-0.2, 0) is 11.8 Å². The molecule has 4 heteroatoms. The van der Waals surface area contributed by atoms with Crippen molar-refractivity contribution in [1.82, 2.24) is 4.98 Å². The summed E-state index contributed by atoms with van der Waals surface area (Å²) in [4.78, 5) is 5.58. The van der Waals surface area contributed by atoms with Gasteiger partial charge in [0.15, 0.2) is 0 Å². The SMILES string of the molecule is CC(C)(C#N)c1nc2c(s1)CCCC2O. The van der Waals surface area contributed by atoms with E-state index in [1.807, 2.05) is 13.8 Å². The molecule has 1 heterocycles. The molecule has 3 nitrogen and oxygen atoms in total. The lowest BCUT2D eigenvalue weighted by Crippen LogP contribution is -2.14. The lowest BCUT2D eigenvalue weighted by atomic mass is 9.96. The van der Waals surface area contributed by atoms with Crippen molar-refractivity contribution in [2.45, 2.75) is 44.6 Å². The third-order valence-corrected chi connectivity index (χ3v) is 4.19. The number of aliphatic hydroxyl groups is 1. The lowest BCUT2D eigenvalue weighted by molar-refractivity contribution is 0.152. The molecule has 1 aliphatic rings. The number of aromatic nitrogens is 1. The van der Waals surface area contributed by atoms with Gasteiger partial charge in [-0.3, -0.25) is 0 Å². The molecule has 80 valence electrons. The van der Waals surface area contributed by atoms with Crippen molar-refractivity contribution in [3.63, 3.8) is 0 Å². The number of rotatable bonds is 1. The highest BCUT2D eigenvalue weighted by molar-refractivity contribution is 7.12. The summed E-state index contributed by atoms with van der Waals surface area (Å²) in [6.45, 7) is 3.73. The first-order valence-electron chi connectivity index (χ1n) is 5.14. The van der Waals surface area contributed by atoms with Crippen molar-refractivity contribution >= 4 is 11.3 Å². The van der Waals surface area contributed by atoms with Crippen molar-refractivity contribution in [1.29, 1.82) is 5.26 Å². The Morgan fingerprint density at radius 1 is 1.60 bits per heavy atom. The van der Waals surface area contributed by atoms with E-state index in [1.54, 1.807) is 11.3 Å². The Hall–Kier alpha value is -0.920. The van der Waals surface area contributed by atoms with Gasteiger partial charge in [0.25, 0.3) is 0 Å². The zero-order chi connectivity index (χ0) is 11.1. The predicted molar refractivity (Wildman–Crippen MR) is 58.7 cm³/mol. The van der Waals surface area contributed by atoms with E-state index in [-0.39, 0.29) is 0 Å². The van der Waals surface area contributed by atoms with E-state index in [1.165, 1.54) is 0 Å². The van der Waals surface area contributed by atoms with E-state index >= 15 is 0 Å². The van der Waals surface area contributed by atoms with Gasteiger partial charge in [0.05, 0.1) is 17.9 Å². The number of fused-ring (bicyclic) bond motifs is 1. The maximum absolute atomic E-state index is 9.77. The highest BCUT2D eigenvalue weighted by atomic mass is 32.1. The van der Waals surface area contributed by atoms with E-state index < -0.39 is 11.5 Å². The second-order valence-electron chi connectivity index (χ2n) is 4.47. The number of aliphatic hydroxyl groups excluding tert-OH is 1. The minimum Gasteiger partial charge on any atom is -0.387 e. The molecule has 0 spiro atoms. The summed E-state index contributed by atoms with van der Waals surface area (Å²) in [6, 6.07) is 2.25. The molecule has 1 N–H and O–H groups in total. The molecule has 0 bridgehead atoms. The van der Waals surface area contributed by atoms with Gasteiger partial charge in [-0.05, 0) is 33.1 Å². The van der Waals surface area contributed by atoms with Gasteiger partial charge in [0, 0.05) is 4.88 Å². The zero-order valence-corrected chi connectivity index (χ0v) is 9.77. The summed E-state index contributed by atoms with van der Waals surface area (Å²) in [5.41, 5.74) is 0.270. The number of hydrogen-bond acceptors (Lipinski definition) is 4. The van der Waals surface area contributed by atoms with Crippen LogP contribution in [0.2, 0.25) is 0 Å². The Morgan fingerprint density at radius 3 is 2.93 bits per heavy atom. The van der Waals surface area contributed by atoms with Crippen molar-refractivity contribution in [2.75, 3.05) is 0 Å². The van der Waals surface area contributed by atoms with E-state index in [9.17, 15) is 5.11 Å². The van der Waals surface area contributed by atoms with Gasteiger partial charge in [-0.15, -0.1) is 11.3 Å². The molecule has 1 unspecified atom stereocenters. The van der Waals surface area contributed by atoms with Gasteiger partial charge in [-0.1, -0.05) is 0 Å². The van der Waals surface area contributed by atoms with Crippen LogP contribution in [0.4, 0.5) is 0 Å². The summed E-state index contributed by atoms with van der Waals surface area (Å²) in [7, 11) is 0. The highest BCUT2D eigenvalue weighted by Crippen LogP contribution is 2.37. The predicted octanol–water partition coefficient (Wildman–Crippen LogP) is 2.31. The van der Waals surface area contributed by atoms with E-state index in [4.69, 9.17) is 5.26 Å². The molecule has 1 aromatic heterocycles. The van der Waals surface area contributed by atoms with Crippen molar-refractivity contribution < 1.29 is 5.11 Å². The fourth-order valence-electron chi connectivity index (χ4n) is 1.71. The molecule has 0 aliphatic heterocycles. The second-order valence-corrected chi connectivity index (χ2v) is 5.56. The maximum Gasteiger partial charge on any atom is 0.113 e. The minimum atomic E-state index is -0.540. The van der Waals surface area contributed by atoms with Gasteiger partial charge < -0.3 is 5.11 Å². The number of nitriles is 1. The Labute approximate surface area is 93.4 Å². The maximum atomic E-state index is 9.77. The van der Waals surface area contributed by atoms with Crippen LogP contribution in [0.3, 0.4) is 0 Å². The first kappa shape index (κ1) is 10.6. The molecule has 0 saturated carbocycles. The molecule has 1 aromatic rings. The summed E-state index contributed by atoms with van der Waals surface area (Å²) in [5.74, 6) is 0. The molecule has 0 saturated heterocycles. The molecule has 1 atom stereocenters. The first-order chi connectivity index (χ1) is 7.04. The molecular formula is C11H14N2OS. The van der Waals surface area contributed by atoms with Gasteiger partial charge in [-0.25, -0.2) is 4.98 Å². The minimum absolute atomic E-state index is 0.423. The monoisotopic (exact) mass is 222 g/mol. The van der Waals surface area contributed by atoms with Crippen LogP contribution >= 0.6 is 11.3 Å². The normalized spacial score (nSPS) is 20.8. The third-order valence-electron chi connectivity index (χ3n) is 2.74. The number of nitrogens with zero attached hydrogens (tertiary/aromatic N) is 2. The smallest absolute Gasteiger partial charge is 0.113 e. The van der Waals surface area contributed by atoms with Crippen LogP contribution in [0.25, 0.3) is 0 Å². The van der Waals surface area contributed by atoms with Gasteiger partial charge in [-0.2, -0.15) is 5.26 Å². The van der Waals surface area contributed by atoms with Crippen molar-refractivity contribution in [2.24, 2.45) is 0 Å². The largest absolute Gasteiger partial charge is 0.387 e. The van der Waals surface area contributed by atoms with E-state index in [2.05, 4.69) is 11.1 Å². The van der Waals surface area contributed by atoms with Crippen LogP contribution in [0.1, 0.15) is 48.4 Å². The van der Waals surface area contributed by atoms with Gasteiger partial charge >= 0.3 is 0 Å². The van der Waals surface area contributed by atoms with Crippen molar-refractivity contribution in [3.05, 3.63) is 15.6 Å². The highest BCUT2D eigenvalue weighted by Gasteiger charge is 2.29. The molecular weight excluding hydrogens is 208 g/mol. The fraction of sp³-hybridized carbons (Fsp3) is 0.636. The Kier molecular flexibility index (Phi) is 2.53. The van der Waals surface area contributed by atoms with Crippen LogP contribution in [-0.4, -0.2) is 10.1 Å². The topological polar surface area (TPSA) is 56.9 Å². The van der Waals surface area contributed by atoms with Crippen LogP contribution in [0.5, 0.6) is 0 Å². The molecule has 0 amide bonds. The van der Waals surface area contributed by atoms with Crippen molar-refractivity contribution in [3.8, 4) is 6.07 Å². The van der Waals surface area contributed by atoms with E-state index in [0.717, 1.165) is 34.8 Å². The lowest BCUT2D eigenvalue weighted by Gasteiger charge is -2.14. The Bertz CT molecular complexity index is 417. The average Bonchev–Trinajstić information content (AvgIpc) is 2.64. The standard InChI is InChI=1S/C11H14N2OS/c1-11(2,6-12)10-13-9-7(14)4-3-5-8(9)15-10/h7,14H,3-5H2,1-2H3. The van der Waals surface area contributed by atoms with Crippen LogP contribution < -0.4 is 0 Å². The number of thiazole rings is 1. The molecule has 0 radical (unpaired) electrons. The Morgan fingerprint density at radius 2 is 2.33 bits per heavy atom. The number of hydrogen-bond donors (Lipinski definition) is 1.